The molecule has 0 aromatic carbocycles. The van der Waals surface area contributed by atoms with E-state index in [1.807, 2.05) is 6.07 Å². The molecule has 7 heteroatoms. The number of rotatable bonds is 3. The molecule has 2 heterocycles. The van der Waals surface area contributed by atoms with E-state index < -0.39 is 11.7 Å². The van der Waals surface area contributed by atoms with E-state index >= 15 is 0 Å². The van der Waals surface area contributed by atoms with Crippen molar-refractivity contribution in [2.75, 3.05) is 5.73 Å². The number of hydrogen-bond donors (Lipinski definition) is 1. The van der Waals surface area contributed by atoms with Crippen molar-refractivity contribution in [2.45, 2.75) is 17.0 Å². The maximum atomic E-state index is 12.4. The van der Waals surface area contributed by atoms with Crippen molar-refractivity contribution >= 4 is 17.6 Å². The first-order chi connectivity index (χ1) is 8.97. The van der Waals surface area contributed by atoms with Gasteiger partial charge in [-0.05, 0) is 18.2 Å². The molecule has 0 spiro atoms. The highest BCUT2D eigenvalue weighted by Crippen LogP contribution is 2.30. The minimum absolute atomic E-state index is 0.418. The van der Waals surface area contributed by atoms with Gasteiger partial charge in [0.15, 0.2) is 0 Å². The lowest BCUT2D eigenvalue weighted by atomic mass is 10.3. The third-order valence-corrected chi connectivity index (χ3v) is 3.36. The van der Waals surface area contributed by atoms with Crippen LogP contribution in [0.4, 0.5) is 19.0 Å². The number of nitrogen functional groups attached to an aromatic ring is 1. The molecule has 0 radical (unpaired) electrons. The second kappa shape index (κ2) is 5.48. The van der Waals surface area contributed by atoms with Crippen molar-refractivity contribution in [1.82, 2.24) is 9.97 Å². The highest BCUT2D eigenvalue weighted by molar-refractivity contribution is 7.98. The fourth-order valence-electron chi connectivity index (χ4n) is 1.36. The van der Waals surface area contributed by atoms with Gasteiger partial charge in [-0.2, -0.15) is 13.2 Å². The van der Waals surface area contributed by atoms with Crippen LogP contribution in [0.5, 0.6) is 0 Å². The molecular weight excluding hydrogens is 275 g/mol. The molecule has 19 heavy (non-hydrogen) atoms. The number of nitrogens with two attached hydrogens (primary N) is 1. The highest BCUT2D eigenvalue weighted by atomic mass is 32.2. The summed E-state index contributed by atoms with van der Waals surface area (Å²) in [6.45, 7) is 0. The van der Waals surface area contributed by atoms with Crippen LogP contribution >= 0.6 is 11.8 Å². The lowest BCUT2D eigenvalue weighted by Gasteiger charge is -2.07. The van der Waals surface area contributed by atoms with Crippen LogP contribution < -0.4 is 5.73 Å². The number of alkyl halides is 3. The van der Waals surface area contributed by atoms with Crippen LogP contribution in [0.25, 0.3) is 0 Å². The van der Waals surface area contributed by atoms with Gasteiger partial charge in [0, 0.05) is 23.7 Å². The zero-order valence-electron chi connectivity index (χ0n) is 9.69. The topological polar surface area (TPSA) is 51.8 Å². The normalized spacial score (nSPS) is 11.5. The molecule has 0 fully saturated rings. The summed E-state index contributed by atoms with van der Waals surface area (Å²) in [5.41, 5.74) is 5.75. The number of thioether (sulfide) groups is 1. The van der Waals surface area contributed by atoms with Crippen LogP contribution in [0.2, 0.25) is 0 Å². The third-order valence-electron chi connectivity index (χ3n) is 2.37. The number of hydrogen-bond acceptors (Lipinski definition) is 4. The average molecular weight is 285 g/mol. The van der Waals surface area contributed by atoms with Gasteiger partial charge in [0.2, 0.25) is 0 Å². The smallest absolute Gasteiger partial charge is 0.383 e. The molecule has 0 aliphatic heterocycles. The van der Waals surface area contributed by atoms with E-state index in [1.54, 1.807) is 12.3 Å². The summed E-state index contributed by atoms with van der Waals surface area (Å²) in [7, 11) is 0. The fourth-order valence-corrected chi connectivity index (χ4v) is 2.20. The standard InChI is InChI=1S/C12H10F3N3S/c13-12(14,15)9-3-4-10(18-6-9)19-7-8-2-1-5-17-11(8)16/h1-6H,7H2,(H2,16,17). The van der Waals surface area contributed by atoms with E-state index in [9.17, 15) is 13.2 Å². The molecule has 3 nitrogen and oxygen atoms in total. The maximum Gasteiger partial charge on any atom is 0.417 e. The minimum Gasteiger partial charge on any atom is -0.383 e. The van der Waals surface area contributed by atoms with E-state index in [2.05, 4.69) is 9.97 Å². The summed E-state index contributed by atoms with van der Waals surface area (Å²) >= 11 is 1.31. The van der Waals surface area contributed by atoms with Gasteiger partial charge in [0.1, 0.15) is 5.82 Å². The van der Waals surface area contributed by atoms with Crippen molar-refractivity contribution in [3.63, 3.8) is 0 Å². The molecule has 0 aliphatic carbocycles. The molecule has 0 unspecified atom stereocenters. The van der Waals surface area contributed by atoms with Gasteiger partial charge in [0.05, 0.1) is 10.6 Å². The predicted molar refractivity (Wildman–Crippen MR) is 67.4 cm³/mol. The number of halogens is 3. The van der Waals surface area contributed by atoms with Gasteiger partial charge in [-0.1, -0.05) is 6.07 Å². The van der Waals surface area contributed by atoms with Crippen LogP contribution in [0.3, 0.4) is 0 Å². The molecule has 2 N–H and O–H groups in total. The Hall–Kier alpha value is -1.76. The summed E-state index contributed by atoms with van der Waals surface area (Å²) in [6.07, 6.45) is -1.95. The summed E-state index contributed by atoms with van der Waals surface area (Å²) in [5, 5.41) is 0.510. The quantitative estimate of drug-likeness (QED) is 0.878. The van der Waals surface area contributed by atoms with Crippen molar-refractivity contribution < 1.29 is 13.2 Å². The van der Waals surface area contributed by atoms with Crippen LogP contribution in [-0.2, 0) is 11.9 Å². The first-order valence-electron chi connectivity index (χ1n) is 5.32. The number of anilines is 1. The lowest BCUT2D eigenvalue weighted by Crippen LogP contribution is -2.05. The minimum atomic E-state index is -4.36. The Labute approximate surface area is 112 Å². The summed E-state index contributed by atoms with van der Waals surface area (Å²) in [5.74, 6) is 0.930. The van der Waals surface area contributed by atoms with Crippen molar-refractivity contribution in [3.8, 4) is 0 Å². The predicted octanol–water partition coefficient (Wildman–Crippen LogP) is 3.37. The molecule has 100 valence electrons. The van der Waals surface area contributed by atoms with Gasteiger partial charge in [0.25, 0.3) is 0 Å². The van der Waals surface area contributed by atoms with Gasteiger partial charge >= 0.3 is 6.18 Å². The van der Waals surface area contributed by atoms with Gasteiger partial charge in [-0.3, -0.25) is 0 Å². The van der Waals surface area contributed by atoms with E-state index in [4.69, 9.17) is 5.73 Å². The summed E-state index contributed by atoms with van der Waals surface area (Å²) in [4.78, 5) is 7.70. The van der Waals surface area contributed by atoms with Crippen LogP contribution in [0.15, 0.2) is 41.7 Å². The van der Waals surface area contributed by atoms with Crippen molar-refractivity contribution in [3.05, 3.63) is 47.8 Å². The van der Waals surface area contributed by atoms with E-state index in [0.717, 1.165) is 17.8 Å². The van der Waals surface area contributed by atoms with Crippen molar-refractivity contribution in [2.24, 2.45) is 0 Å². The SMILES string of the molecule is Nc1ncccc1CSc1ccc(C(F)(F)F)cn1. The van der Waals surface area contributed by atoms with Gasteiger partial charge in [-0.25, -0.2) is 9.97 Å². The van der Waals surface area contributed by atoms with Crippen LogP contribution in [0.1, 0.15) is 11.1 Å². The van der Waals surface area contributed by atoms with Crippen LogP contribution in [-0.4, -0.2) is 9.97 Å². The molecule has 0 saturated carbocycles. The Morgan fingerprint density at radius 3 is 2.53 bits per heavy atom. The zero-order valence-corrected chi connectivity index (χ0v) is 10.5. The molecule has 0 aliphatic rings. The van der Waals surface area contributed by atoms with E-state index in [0.29, 0.717) is 16.6 Å². The second-order valence-electron chi connectivity index (χ2n) is 3.72. The van der Waals surface area contributed by atoms with Crippen LogP contribution in [0, 0.1) is 0 Å². The van der Waals surface area contributed by atoms with E-state index in [1.165, 1.54) is 17.8 Å². The third kappa shape index (κ3) is 3.60. The molecule has 0 saturated heterocycles. The number of pyridine rings is 2. The largest absolute Gasteiger partial charge is 0.417 e. The number of nitrogens with zero attached hydrogens (tertiary/aromatic N) is 2. The first-order valence-corrected chi connectivity index (χ1v) is 6.31. The Balaban J connectivity index is 2.03. The molecule has 2 aromatic rings. The Morgan fingerprint density at radius 1 is 1.16 bits per heavy atom. The summed E-state index contributed by atoms with van der Waals surface area (Å²) < 4.78 is 37.1. The Morgan fingerprint density at radius 2 is 1.95 bits per heavy atom. The van der Waals surface area contributed by atoms with Gasteiger partial charge < -0.3 is 5.73 Å². The summed E-state index contributed by atoms with van der Waals surface area (Å²) in [6, 6.07) is 5.94. The molecule has 0 atom stereocenters. The molecule has 2 aromatic heterocycles. The molecular formula is C12H10F3N3S. The molecule has 2 rings (SSSR count). The average Bonchev–Trinajstić information content (AvgIpc) is 2.37. The zero-order chi connectivity index (χ0) is 13.9. The maximum absolute atomic E-state index is 12.4. The molecule has 0 amide bonds. The Kier molecular flexibility index (Phi) is 3.94. The monoisotopic (exact) mass is 285 g/mol. The Bertz CT molecular complexity index is 555. The van der Waals surface area contributed by atoms with Gasteiger partial charge in [-0.15, -0.1) is 11.8 Å². The second-order valence-corrected chi connectivity index (χ2v) is 4.71. The fraction of sp³-hybridized carbons (Fsp3) is 0.167. The lowest BCUT2D eigenvalue weighted by molar-refractivity contribution is -0.137. The first kappa shape index (κ1) is 13.7. The molecule has 0 bridgehead atoms. The van der Waals surface area contributed by atoms with Crippen molar-refractivity contribution in [1.29, 1.82) is 0 Å². The highest BCUT2D eigenvalue weighted by Gasteiger charge is 2.30. The number of aromatic nitrogens is 2. The van der Waals surface area contributed by atoms with E-state index in [-0.39, 0.29) is 0 Å².